The minimum absolute atomic E-state index is 0.131. The van der Waals surface area contributed by atoms with E-state index in [1.54, 1.807) is 17.0 Å². The number of aromatic nitrogens is 2. The summed E-state index contributed by atoms with van der Waals surface area (Å²) in [6, 6.07) is 0. The first-order chi connectivity index (χ1) is 8.00. The van der Waals surface area contributed by atoms with Crippen molar-refractivity contribution in [2.45, 2.75) is 45.7 Å². The number of hydrogen-bond donors (Lipinski definition) is 1. The fourth-order valence-corrected chi connectivity index (χ4v) is 1.28. The maximum atomic E-state index is 11.9. The molecule has 0 aliphatic carbocycles. The Kier molecular flexibility index (Phi) is 4.69. The summed E-state index contributed by atoms with van der Waals surface area (Å²) in [6.45, 7) is 6.85. The van der Waals surface area contributed by atoms with Crippen LogP contribution in [0.5, 0.6) is 5.88 Å². The smallest absolute Gasteiger partial charge is 0.313 e. The van der Waals surface area contributed by atoms with Crippen LogP contribution in [-0.4, -0.2) is 21.7 Å². The first kappa shape index (κ1) is 13.7. The zero-order valence-electron chi connectivity index (χ0n) is 10.8. The standard InChI is InChI=1S/C12H21N3O2/c1-4-7-15-8-6-14-10(11(15)16)17-9-12(3,13)5-2/h6,8H,4-5,7,9,13H2,1-3H3. The van der Waals surface area contributed by atoms with Crippen LogP contribution < -0.4 is 16.0 Å². The van der Waals surface area contributed by atoms with Gasteiger partial charge in [0.15, 0.2) is 0 Å². The molecule has 96 valence electrons. The molecule has 0 aliphatic heterocycles. The van der Waals surface area contributed by atoms with Gasteiger partial charge in [0.2, 0.25) is 0 Å². The van der Waals surface area contributed by atoms with Gasteiger partial charge >= 0.3 is 5.56 Å². The summed E-state index contributed by atoms with van der Waals surface area (Å²) < 4.78 is 7.01. The highest BCUT2D eigenvalue weighted by Crippen LogP contribution is 2.07. The Bertz CT molecular complexity index is 412. The third kappa shape index (κ3) is 3.85. The molecular weight excluding hydrogens is 218 g/mol. The summed E-state index contributed by atoms with van der Waals surface area (Å²) in [7, 11) is 0. The van der Waals surface area contributed by atoms with Gasteiger partial charge in [-0.1, -0.05) is 13.8 Å². The van der Waals surface area contributed by atoms with E-state index in [0.717, 1.165) is 12.8 Å². The lowest BCUT2D eigenvalue weighted by atomic mass is 10.0. The first-order valence-electron chi connectivity index (χ1n) is 5.97. The maximum absolute atomic E-state index is 11.9. The second-order valence-corrected chi connectivity index (χ2v) is 4.53. The van der Waals surface area contributed by atoms with Crippen LogP contribution in [0.1, 0.15) is 33.6 Å². The van der Waals surface area contributed by atoms with Gasteiger partial charge < -0.3 is 15.0 Å². The minimum Gasteiger partial charge on any atom is -0.472 e. The molecule has 1 unspecified atom stereocenters. The molecule has 0 aliphatic rings. The molecule has 0 amide bonds. The van der Waals surface area contributed by atoms with Gasteiger partial charge in [-0.3, -0.25) is 4.79 Å². The molecule has 0 bridgehead atoms. The van der Waals surface area contributed by atoms with Gasteiger partial charge in [-0.15, -0.1) is 0 Å². The molecule has 1 atom stereocenters. The van der Waals surface area contributed by atoms with Crippen LogP contribution in [0.2, 0.25) is 0 Å². The van der Waals surface area contributed by atoms with Crippen molar-refractivity contribution in [3.05, 3.63) is 22.7 Å². The third-order valence-corrected chi connectivity index (χ3v) is 2.69. The highest BCUT2D eigenvalue weighted by atomic mass is 16.5. The monoisotopic (exact) mass is 239 g/mol. The molecule has 0 spiro atoms. The van der Waals surface area contributed by atoms with Crippen molar-refractivity contribution in [3.63, 3.8) is 0 Å². The molecule has 5 heteroatoms. The summed E-state index contributed by atoms with van der Waals surface area (Å²) in [6.07, 6.45) is 4.92. The van der Waals surface area contributed by atoms with Gasteiger partial charge in [0, 0.05) is 24.5 Å². The first-order valence-corrected chi connectivity index (χ1v) is 5.97. The number of nitrogens with zero attached hydrogens (tertiary/aromatic N) is 2. The van der Waals surface area contributed by atoms with Crippen LogP contribution in [0.25, 0.3) is 0 Å². The lowest BCUT2D eigenvalue weighted by Gasteiger charge is -2.22. The van der Waals surface area contributed by atoms with E-state index in [2.05, 4.69) is 4.98 Å². The fourth-order valence-electron chi connectivity index (χ4n) is 1.28. The third-order valence-electron chi connectivity index (χ3n) is 2.69. The molecule has 17 heavy (non-hydrogen) atoms. The van der Waals surface area contributed by atoms with E-state index in [4.69, 9.17) is 10.5 Å². The largest absolute Gasteiger partial charge is 0.472 e. The van der Waals surface area contributed by atoms with Crippen LogP contribution >= 0.6 is 0 Å². The molecule has 1 rings (SSSR count). The lowest BCUT2D eigenvalue weighted by Crippen LogP contribution is -2.42. The van der Waals surface area contributed by atoms with Crippen molar-refractivity contribution < 1.29 is 4.74 Å². The van der Waals surface area contributed by atoms with Crippen LogP contribution in [0.15, 0.2) is 17.2 Å². The topological polar surface area (TPSA) is 70.1 Å². The molecule has 1 heterocycles. The fraction of sp³-hybridized carbons (Fsp3) is 0.667. The average molecular weight is 239 g/mol. The van der Waals surface area contributed by atoms with Gasteiger partial charge in [0.05, 0.1) is 0 Å². The molecule has 0 aromatic carbocycles. The van der Waals surface area contributed by atoms with Crippen LogP contribution in [-0.2, 0) is 6.54 Å². The highest BCUT2D eigenvalue weighted by Gasteiger charge is 2.18. The number of nitrogens with two attached hydrogens (primary N) is 1. The number of aryl methyl sites for hydroxylation is 1. The van der Waals surface area contributed by atoms with Crippen molar-refractivity contribution in [1.82, 2.24) is 9.55 Å². The van der Waals surface area contributed by atoms with Crippen LogP contribution in [0, 0.1) is 0 Å². The van der Waals surface area contributed by atoms with E-state index < -0.39 is 5.54 Å². The van der Waals surface area contributed by atoms with E-state index in [-0.39, 0.29) is 11.4 Å². The van der Waals surface area contributed by atoms with Gasteiger partial charge in [-0.25, -0.2) is 4.98 Å². The molecule has 0 radical (unpaired) electrons. The number of ether oxygens (including phenoxy) is 1. The predicted octanol–water partition coefficient (Wildman–Crippen LogP) is 1.16. The maximum Gasteiger partial charge on any atom is 0.313 e. The van der Waals surface area contributed by atoms with Gasteiger partial charge in [-0.2, -0.15) is 0 Å². The SMILES string of the molecule is CCCn1ccnc(OCC(C)(N)CC)c1=O. The summed E-state index contributed by atoms with van der Waals surface area (Å²) in [5.74, 6) is 0.131. The van der Waals surface area contributed by atoms with Crippen LogP contribution in [0.4, 0.5) is 0 Å². The van der Waals surface area contributed by atoms with E-state index in [1.165, 1.54) is 0 Å². The predicted molar refractivity (Wildman–Crippen MR) is 67.2 cm³/mol. The average Bonchev–Trinajstić information content (AvgIpc) is 2.31. The van der Waals surface area contributed by atoms with Crippen molar-refractivity contribution in [2.75, 3.05) is 6.61 Å². The molecular formula is C12H21N3O2. The van der Waals surface area contributed by atoms with Crippen molar-refractivity contribution in [2.24, 2.45) is 5.73 Å². The molecule has 1 aromatic heterocycles. The number of rotatable bonds is 6. The van der Waals surface area contributed by atoms with Gasteiger partial charge in [-0.05, 0) is 19.8 Å². The number of hydrogen-bond acceptors (Lipinski definition) is 4. The zero-order valence-corrected chi connectivity index (χ0v) is 10.8. The second kappa shape index (κ2) is 5.82. The van der Waals surface area contributed by atoms with Crippen molar-refractivity contribution >= 4 is 0 Å². The Morgan fingerprint density at radius 2 is 2.24 bits per heavy atom. The molecule has 1 aromatic rings. The Hall–Kier alpha value is -1.36. The Balaban J connectivity index is 2.79. The van der Waals surface area contributed by atoms with Crippen molar-refractivity contribution in [3.8, 4) is 5.88 Å². The lowest BCUT2D eigenvalue weighted by molar-refractivity contribution is 0.214. The summed E-state index contributed by atoms with van der Waals surface area (Å²) in [4.78, 5) is 15.8. The van der Waals surface area contributed by atoms with Crippen molar-refractivity contribution in [1.29, 1.82) is 0 Å². The van der Waals surface area contributed by atoms with E-state index in [1.807, 2.05) is 20.8 Å². The zero-order chi connectivity index (χ0) is 12.9. The highest BCUT2D eigenvalue weighted by molar-refractivity contribution is 5.05. The van der Waals surface area contributed by atoms with Crippen LogP contribution in [0.3, 0.4) is 0 Å². The molecule has 0 fully saturated rings. The van der Waals surface area contributed by atoms with E-state index >= 15 is 0 Å². The van der Waals surface area contributed by atoms with E-state index in [0.29, 0.717) is 13.2 Å². The Morgan fingerprint density at radius 1 is 1.53 bits per heavy atom. The molecule has 2 N–H and O–H groups in total. The van der Waals surface area contributed by atoms with Gasteiger partial charge in [0.1, 0.15) is 6.61 Å². The molecule has 0 saturated carbocycles. The summed E-state index contributed by atoms with van der Waals surface area (Å²) >= 11 is 0. The van der Waals surface area contributed by atoms with E-state index in [9.17, 15) is 4.79 Å². The molecule has 0 saturated heterocycles. The second-order valence-electron chi connectivity index (χ2n) is 4.53. The van der Waals surface area contributed by atoms with Gasteiger partial charge in [0.25, 0.3) is 5.88 Å². The quantitative estimate of drug-likeness (QED) is 0.808. The summed E-state index contributed by atoms with van der Waals surface area (Å²) in [5, 5.41) is 0. The Morgan fingerprint density at radius 3 is 2.82 bits per heavy atom. The Labute approximate surface area is 102 Å². The normalized spacial score (nSPS) is 14.4. The minimum atomic E-state index is -0.431. The molecule has 5 nitrogen and oxygen atoms in total. The summed E-state index contributed by atoms with van der Waals surface area (Å²) in [5.41, 5.74) is 5.32.